The Labute approximate surface area is 293 Å². The van der Waals surface area contributed by atoms with E-state index in [4.69, 9.17) is 9.40 Å². The van der Waals surface area contributed by atoms with Gasteiger partial charge >= 0.3 is 0 Å². The summed E-state index contributed by atoms with van der Waals surface area (Å²) in [6.07, 6.45) is 0. The van der Waals surface area contributed by atoms with Gasteiger partial charge in [0.05, 0.1) is 22.1 Å². The van der Waals surface area contributed by atoms with Crippen LogP contribution in [0, 0.1) is 0 Å². The van der Waals surface area contributed by atoms with Gasteiger partial charge in [-0.25, -0.2) is 4.98 Å². The van der Waals surface area contributed by atoms with Crippen molar-refractivity contribution in [2.75, 3.05) is 0 Å². The highest BCUT2D eigenvalue weighted by Crippen LogP contribution is 2.40. The highest BCUT2D eigenvalue weighted by atomic mass is 16.3. The molecule has 3 heterocycles. The predicted octanol–water partition coefficient (Wildman–Crippen LogP) is 12.5. The van der Waals surface area contributed by atoms with Crippen molar-refractivity contribution in [2.24, 2.45) is 0 Å². The van der Waals surface area contributed by atoms with Crippen molar-refractivity contribution in [3.8, 4) is 33.9 Å². The van der Waals surface area contributed by atoms with Crippen LogP contribution in [0.2, 0.25) is 0 Å². The molecule has 3 aromatic heterocycles. The molecule has 0 fully saturated rings. The van der Waals surface area contributed by atoms with Gasteiger partial charge in [-0.1, -0.05) is 103 Å². The second-order valence-corrected chi connectivity index (χ2v) is 13.2. The lowest BCUT2D eigenvalue weighted by atomic mass is 10.0. The van der Waals surface area contributed by atoms with Gasteiger partial charge in [0.2, 0.25) is 0 Å². The van der Waals surface area contributed by atoms with Gasteiger partial charge in [-0.15, -0.1) is 0 Å². The third-order valence-electron chi connectivity index (χ3n) is 10.3. The summed E-state index contributed by atoms with van der Waals surface area (Å²) in [5, 5.41) is 7.13. The Kier molecular flexibility index (Phi) is 5.92. The van der Waals surface area contributed by atoms with Crippen molar-refractivity contribution in [2.45, 2.75) is 0 Å². The number of hydrogen-bond acceptors (Lipinski definition) is 2. The zero-order chi connectivity index (χ0) is 33.5. The van der Waals surface area contributed by atoms with E-state index in [9.17, 15) is 0 Å². The Morgan fingerprint density at radius 3 is 2.00 bits per heavy atom. The van der Waals surface area contributed by atoms with Crippen molar-refractivity contribution in [1.29, 1.82) is 0 Å². The lowest BCUT2D eigenvalue weighted by Crippen LogP contribution is -1.98. The molecule has 0 radical (unpaired) electrons. The maximum atomic E-state index is 6.42. The Hall–Kier alpha value is -6.91. The van der Waals surface area contributed by atoms with Gasteiger partial charge in [-0.05, 0) is 89.1 Å². The molecule has 8 aromatic carbocycles. The topological polar surface area (TPSA) is 35.9 Å². The number of aromatic nitrogens is 3. The minimum absolute atomic E-state index is 0.911. The quantitative estimate of drug-likeness (QED) is 0.190. The number of imidazole rings is 1. The van der Waals surface area contributed by atoms with E-state index in [0.29, 0.717) is 0 Å². The molecule has 51 heavy (non-hydrogen) atoms. The lowest BCUT2D eigenvalue weighted by molar-refractivity contribution is 0.670. The largest absolute Gasteiger partial charge is 0.455 e. The van der Waals surface area contributed by atoms with Gasteiger partial charge < -0.3 is 8.98 Å². The summed E-state index contributed by atoms with van der Waals surface area (Å²) in [5.74, 6) is 0.921. The summed E-state index contributed by atoms with van der Waals surface area (Å²) >= 11 is 0. The van der Waals surface area contributed by atoms with Crippen LogP contribution in [0.3, 0.4) is 0 Å². The zero-order valence-corrected chi connectivity index (χ0v) is 27.5. The van der Waals surface area contributed by atoms with Crippen molar-refractivity contribution in [3.05, 3.63) is 176 Å². The highest BCUT2D eigenvalue weighted by molar-refractivity contribution is 6.13. The van der Waals surface area contributed by atoms with E-state index in [1.807, 2.05) is 12.1 Å². The Bertz CT molecular complexity index is 3140. The molecule has 4 heteroatoms. The van der Waals surface area contributed by atoms with Crippen LogP contribution in [0.15, 0.2) is 180 Å². The predicted molar refractivity (Wildman–Crippen MR) is 211 cm³/mol. The van der Waals surface area contributed by atoms with Crippen LogP contribution in [-0.4, -0.2) is 14.1 Å². The molecule has 0 saturated heterocycles. The zero-order valence-electron chi connectivity index (χ0n) is 27.5. The van der Waals surface area contributed by atoms with Gasteiger partial charge in [-0.3, -0.25) is 4.57 Å². The molecule has 0 aliphatic carbocycles. The van der Waals surface area contributed by atoms with E-state index in [-0.39, 0.29) is 0 Å². The average Bonchev–Trinajstić information content (AvgIpc) is 3.87. The van der Waals surface area contributed by atoms with Gasteiger partial charge in [0.25, 0.3) is 0 Å². The van der Waals surface area contributed by atoms with Crippen LogP contribution >= 0.6 is 0 Å². The first kappa shape index (κ1) is 28.0. The van der Waals surface area contributed by atoms with Gasteiger partial charge in [0, 0.05) is 44.0 Å². The lowest BCUT2D eigenvalue weighted by Gasteiger charge is -2.12. The monoisotopic (exact) mass is 651 g/mol. The van der Waals surface area contributed by atoms with Crippen LogP contribution in [0.25, 0.3) is 99.4 Å². The third-order valence-corrected chi connectivity index (χ3v) is 10.3. The number of rotatable bonds is 4. The van der Waals surface area contributed by atoms with Crippen molar-refractivity contribution in [3.63, 3.8) is 0 Å². The Morgan fingerprint density at radius 1 is 0.412 bits per heavy atom. The maximum absolute atomic E-state index is 6.42. The second kappa shape index (κ2) is 10.8. The summed E-state index contributed by atoms with van der Waals surface area (Å²) in [5.41, 5.74) is 11.7. The van der Waals surface area contributed by atoms with Crippen LogP contribution in [0.4, 0.5) is 0 Å². The summed E-state index contributed by atoms with van der Waals surface area (Å²) in [6.45, 7) is 0. The maximum Gasteiger partial charge on any atom is 0.145 e. The van der Waals surface area contributed by atoms with Crippen LogP contribution in [0.1, 0.15) is 0 Å². The molecule has 0 N–H and O–H groups in total. The highest BCUT2D eigenvalue weighted by Gasteiger charge is 2.18. The van der Waals surface area contributed by atoms with Crippen molar-refractivity contribution >= 4 is 65.6 Å². The average molecular weight is 652 g/mol. The minimum Gasteiger partial charge on any atom is -0.455 e. The molecule has 0 amide bonds. The van der Waals surface area contributed by atoms with Gasteiger partial charge in [0.15, 0.2) is 0 Å². The Balaban J connectivity index is 1.05. The number of furan rings is 1. The molecule has 0 spiro atoms. The van der Waals surface area contributed by atoms with E-state index >= 15 is 0 Å². The first-order chi connectivity index (χ1) is 25.3. The molecular formula is C47H29N3O. The first-order valence-electron chi connectivity index (χ1n) is 17.3. The number of benzene rings is 8. The molecule has 0 bridgehead atoms. The molecule has 11 aromatic rings. The van der Waals surface area contributed by atoms with E-state index < -0.39 is 0 Å². The first-order valence-corrected chi connectivity index (χ1v) is 17.3. The number of para-hydroxylation sites is 5. The molecular weight excluding hydrogens is 623 g/mol. The standard InChI is InChI=1S/C47H29N3O/c1-2-11-32-28-35(26-20-30(32)10-1)50-44-18-7-5-16-41(44)48-47(50)31-21-24-34(25-22-31)49-42-17-6-3-12-37(42)40-29-33(23-27-43(40)49)36-14-9-15-39-38-13-4-8-19-45(38)51-46(36)39/h1-29H. The molecule has 4 nitrogen and oxygen atoms in total. The van der Waals surface area contributed by atoms with Crippen LogP contribution in [-0.2, 0) is 0 Å². The fourth-order valence-corrected chi connectivity index (χ4v) is 7.95. The minimum atomic E-state index is 0.911. The van der Waals surface area contributed by atoms with Gasteiger partial charge in [-0.2, -0.15) is 0 Å². The molecule has 11 rings (SSSR count). The molecule has 238 valence electrons. The molecule has 0 aliphatic rings. The molecule has 0 unspecified atom stereocenters. The van der Waals surface area contributed by atoms with Crippen molar-refractivity contribution < 1.29 is 4.42 Å². The number of hydrogen-bond donors (Lipinski definition) is 0. The van der Waals surface area contributed by atoms with E-state index in [0.717, 1.165) is 72.4 Å². The fourth-order valence-electron chi connectivity index (χ4n) is 7.95. The van der Waals surface area contributed by atoms with Crippen LogP contribution < -0.4 is 0 Å². The summed E-state index contributed by atoms with van der Waals surface area (Å²) in [7, 11) is 0. The number of nitrogens with zero attached hydrogens (tertiary/aromatic N) is 3. The van der Waals surface area contributed by atoms with E-state index in [1.165, 1.54) is 27.1 Å². The molecule has 0 atom stereocenters. The third kappa shape index (κ3) is 4.23. The number of fused-ring (bicyclic) bond motifs is 8. The van der Waals surface area contributed by atoms with Gasteiger partial charge in [0.1, 0.15) is 17.0 Å². The SMILES string of the molecule is c1ccc2cc(-n3c(-c4ccc(-n5c6ccccc6c6cc(-c7cccc8c7oc7ccccc78)ccc65)cc4)nc4ccccc43)ccc2c1. The van der Waals surface area contributed by atoms with Crippen LogP contribution in [0.5, 0.6) is 0 Å². The van der Waals surface area contributed by atoms with Crippen molar-refractivity contribution in [1.82, 2.24) is 14.1 Å². The second-order valence-electron chi connectivity index (χ2n) is 13.2. The normalized spacial score (nSPS) is 11.9. The molecule has 0 saturated carbocycles. The molecule has 0 aliphatic heterocycles. The Morgan fingerprint density at radius 2 is 1.10 bits per heavy atom. The summed E-state index contributed by atoms with van der Waals surface area (Å²) < 4.78 is 11.1. The fraction of sp³-hybridized carbons (Fsp3) is 0. The van der Waals surface area contributed by atoms with E-state index in [1.54, 1.807) is 0 Å². The summed E-state index contributed by atoms with van der Waals surface area (Å²) in [6, 6.07) is 62.5. The van der Waals surface area contributed by atoms with E-state index in [2.05, 4.69) is 173 Å². The summed E-state index contributed by atoms with van der Waals surface area (Å²) in [4.78, 5) is 5.15. The smallest absolute Gasteiger partial charge is 0.145 e.